The molecule has 0 saturated carbocycles. The molecule has 0 aliphatic carbocycles. The van der Waals surface area contributed by atoms with Crippen molar-refractivity contribution in [2.24, 2.45) is 0 Å². The number of nitrogens with one attached hydrogen (secondary N) is 2. The second-order valence-corrected chi connectivity index (χ2v) is 8.64. The summed E-state index contributed by atoms with van der Waals surface area (Å²) in [5.41, 5.74) is 2.61. The molecule has 10 heteroatoms. The molecule has 0 spiro atoms. The summed E-state index contributed by atoms with van der Waals surface area (Å²) in [7, 11) is 3.16. The number of hydrogen-bond donors (Lipinski definition) is 2. The summed E-state index contributed by atoms with van der Waals surface area (Å²) in [6.45, 7) is 2.28. The summed E-state index contributed by atoms with van der Waals surface area (Å²) >= 11 is 2.37. The third-order valence-corrected chi connectivity index (χ3v) is 6.26. The summed E-state index contributed by atoms with van der Waals surface area (Å²) in [6, 6.07) is 12.9. The molecule has 0 atom stereocenters. The van der Waals surface area contributed by atoms with Gasteiger partial charge in [0.15, 0.2) is 4.34 Å². The van der Waals surface area contributed by atoms with Crippen LogP contribution in [0, 0.1) is 6.92 Å². The number of thioether (sulfide) groups is 1. The molecule has 0 radical (unpaired) electrons. The average molecular weight is 459 g/mol. The average Bonchev–Trinajstić information content (AvgIpc) is 3.27. The standard InChI is InChI=1S/C21H22N4O4S2/c1-13-4-6-15(7-5-13)23-19(27)20-24-25-21(31-20)30-12-18(26)22-11-14-10-16(28-2)8-9-17(14)29-3/h4-10H,11-12H2,1-3H3,(H,22,26)(H,23,27). The smallest absolute Gasteiger partial charge is 0.286 e. The molecule has 0 unspecified atom stereocenters. The van der Waals surface area contributed by atoms with Gasteiger partial charge in [-0.05, 0) is 37.3 Å². The zero-order valence-corrected chi connectivity index (χ0v) is 18.9. The minimum absolute atomic E-state index is 0.153. The topological polar surface area (TPSA) is 102 Å². The quantitative estimate of drug-likeness (QED) is 0.473. The molecule has 0 aliphatic rings. The molecule has 2 N–H and O–H groups in total. The Hall–Kier alpha value is -3.11. The van der Waals surface area contributed by atoms with Gasteiger partial charge < -0.3 is 20.1 Å². The van der Waals surface area contributed by atoms with E-state index < -0.39 is 0 Å². The second-order valence-electron chi connectivity index (χ2n) is 6.44. The van der Waals surface area contributed by atoms with Crippen molar-refractivity contribution < 1.29 is 19.1 Å². The van der Waals surface area contributed by atoms with Crippen LogP contribution in [0.2, 0.25) is 0 Å². The van der Waals surface area contributed by atoms with Crippen LogP contribution < -0.4 is 20.1 Å². The molecule has 1 aromatic heterocycles. The van der Waals surface area contributed by atoms with Crippen LogP contribution in [0.1, 0.15) is 20.9 Å². The zero-order chi connectivity index (χ0) is 22.2. The Morgan fingerprint density at radius 3 is 2.55 bits per heavy atom. The molecule has 0 saturated heterocycles. The van der Waals surface area contributed by atoms with Crippen LogP contribution in [0.15, 0.2) is 46.8 Å². The zero-order valence-electron chi connectivity index (χ0n) is 17.3. The summed E-state index contributed by atoms with van der Waals surface area (Å²) in [4.78, 5) is 24.5. The molecular weight excluding hydrogens is 436 g/mol. The number of nitrogens with zero attached hydrogens (tertiary/aromatic N) is 2. The van der Waals surface area contributed by atoms with Gasteiger partial charge in [-0.1, -0.05) is 40.8 Å². The maximum atomic E-state index is 12.3. The van der Waals surface area contributed by atoms with E-state index in [2.05, 4.69) is 20.8 Å². The van der Waals surface area contributed by atoms with Crippen molar-refractivity contribution in [3.63, 3.8) is 0 Å². The van der Waals surface area contributed by atoms with Crippen molar-refractivity contribution in [2.45, 2.75) is 17.8 Å². The van der Waals surface area contributed by atoms with Gasteiger partial charge in [0.25, 0.3) is 5.91 Å². The Morgan fingerprint density at radius 2 is 1.84 bits per heavy atom. The van der Waals surface area contributed by atoms with E-state index in [1.807, 2.05) is 37.3 Å². The van der Waals surface area contributed by atoms with Gasteiger partial charge in [-0.3, -0.25) is 9.59 Å². The fourth-order valence-corrected chi connectivity index (χ4v) is 4.15. The molecule has 3 aromatic rings. The summed E-state index contributed by atoms with van der Waals surface area (Å²) in [5, 5.41) is 13.8. The molecule has 31 heavy (non-hydrogen) atoms. The van der Waals surface area contributed by atoms with E-state index in [1.165, 1.54) is 11.8 Å². The molecule has 0 fully saturated rings. The Kier molecular flexibility index (Phi) is 7.85. The van der Waals surface area contributed by atoms with Crippen LogP contribution in [0.25, 0.3) is 0 Å². The van der Waals surface area contributed by atoms with Crippen LogP contribution in [0.3, 0.4) is 0 Å². The lowest BCUT2D eigenvalue weighted by Gasteiger charge is -2.11. The summed E-state index contributed by atoms with van der Waals surface area (Å²) < 4.78 is 11.1. The van der Waals surface area contributed by atoms with E-state index in [4.69, 9.17) is 9.47 Å². The van der Waals surface area contributed by atoms with E-state index in [9.17, 15) is 9.59 Å². The lowest BCUT2D eigenvalue weighted by atomic mass is 10.2. The monoisotopic (exact) mass is 458 g/mol. The van der Waals surface area contributed by atoms with Gasteiger partial charge in [0.1, 0.15) is 11.5 Å². The number of hydrogen-bond acceptors (Lipinski definition) is 8. The van der Waals surface area contributed by atoms with Crippen LogP contribution in [0.4, 0.5) is 5.69 Å². The fraction of sp³-hybridized carbons (Fsp3) is 0.238. The summed E-state index contributed by atoms with van der Waals surface area (Å²) in [6.07, 6.45) is 0. The SMILES string of the molecule is COc1ccc(OC)c(CNC(=O)CSc2nnc(C(=O)Nc3ccc(C)cc3)s2)c1. The van der Waals surface area contributed by atoms with Gasteiger partial charge in [-0.25, -0.2) is 0 Å². The third-order valence-electron chi connectivity index (χ3n) is 4.20. The highest BCUT2D eigenvalue weighted by Gasteiger charge is 2.15. The Bertz CT molecular complexity index is 1050. The lowest BCUT2D eigenvalue weighted by Crippen LogP contribution is -2.24. The van der Waals surface area contributed by atoms with E-state index >= 15 is 0 Å². The van der Waals surface area contributed by atoms with Crippen molar-refractivity contribution in [3.05, 3.63) is 58.6 Å². The van der Waals surface area contributed by atoms with Crippen molar-refractivity contribution in [2.75, 3.05) is 25.3 Å². The minimum atomic E-state index is -0.331. The van der Waals surface area contributed by atoms with Gasteiger partial charge in [0.05, 0.1) is 20.0 Å². The van der Waals surface area contributed by atoms with Crippen LogP contribution in [0.5, 0.6) is 11.5 Å². The molecule has 0 bridgehead atoms. The van der Waals surface area contributed by atoms with Gasteiger partial charge in [0.2, 0.25) is 10.9 Å². The highest BCUT2D eigenvalue weighted by atomic mass is 32.2. The largest absolute Gasteiger partial charge is 0.497 e. The Labute approximate surface area is 188 Å². The molecule has 0 aliphatic heterocycles. The molecule has 1 heterocycles. The first-order valence-corrected chi connectivity index (χ1v) is 11.1. The number of carbonyl (C=O) groups is 2. The molecule has 2 aromatic carbocycles. The fourth-order valence-electron chi connectivity index (χ4n) is 2.57. The van der Waals surface area contributed by atoms with E-state index in [0.717, 1.165) is 22.5 Å². The number of aromatic nitrogens is 2. The van der Waals surface area contributed by atoms with Crippen molar-refractivity contribution >= 4 is 40.6 Å². The number of ether oxygens (including phenoxy) is 2. The van der Waals surface area contributed by atoms with E-state index in [-0.39, 0.29) is 22.6 Å². The van der Waals surface area contributed by atoms with Gasteiger partial charge >= 0.3 is 0 Å². The van der Waals surface area contributed by atoms with Crippen LogP contribution >= 0.6 is 23.1 Å². The number of anilines is 1. The normalized spacial score (nSPS) is 10.4. The van der Waals surface area contributed by atoms with Gasteiger partial charge in [0, 0.05) is 17.8 Å². The van der Waals surface area contributed by atoms with Crippen molar-refractivity contribution in [1.29, 1.82) is 0 Å². The summed E-state index contributed by atoms with van der Waals surface area (Å²) in [5.74, 6) is 1.01. The highest BCUT2D eigenvalue weighted by Crippen LogP contribution is 2.25. The van der Waals surface area contributed by atoms with Gasteiger partial charge in [-0.2, -0.15) is 0 Å². The molecule has 162 valence electrons. The Balaban J connectivity index is 1.49. The molecular formula is C21H22N4O4S2. The number of benzene rings is 2. The molecule has 3 rings (SSSR count). The van der Waals surface area contributed by atoms with E-state index in [0.29, 0.717) is 28.1 Å². The lowest BCUT2D eigenvalue weighted by molar-refractivity contribution is -0.118. The predicted octanol–water partition coefficient (Wildman–Crippen LogP) is 3.52. The van der Waals surface area contributed by atoms with Crippen molar-refractivity contribution in [1.82, 2.24) is 15.5 Å². The first-order valence-electron chi connectivity index (χ1n) is 9.30. The number of rotatable bonds is 9. The first kappa shape index (κ1) is 22.6. The van der Waals surface area contributed by atoms with Crippen LogP contribution in [-0.2, 0) is 11.3 Å². The molecule has 2 amide bonds. The van der Waals surface area contributed by atoms with Crippen molar-refractivity contribution in [3.8, 4) is 11.5 Å². The predicted molar refractivity (Wildman–Crippen MR) is 121 cm³/mol. The number of amides is 2. The van der Waals surface area contributed by atoms with Crippen LogP contribution in [-0.4, -0.2) is 42.0 Å². The first-order chi connectivity index (χ1) is 15.0. The number of carbonyl (C=O) groups excluding carboxylic acids is 2. The Morgan fingerprint density at radius 1 is 1.06 bits per heavy atom. The second kappa shape index (κ2) is 10.8. The minimum Gasteiger partial charge on any atom is -0.497 e. The van der Waals surface area contributed by atoms with Gasteiger partial charge in [-0.15, -0.1) is 10.2 Å². The molecule has 8 nitrogen and oxygen atoms in total. The highest BCUT2D eigenvalue weighted by molar-refractivity contribution is 8.01. The third kappa shape index (κ3) is 6.43. The number of aryl methyl sites for hydroxylation is 1. The maximum Gasteiger partial charge on any atom is 0.286 e. The maximum absolute atomic E-state index is 12.3. The van der Waals surface area contributed by atoms with E-state index in [1.54, 1.807) is 26.4 Å². The number of methoxy groups -OCH3 is 2.